The van der Waals surface area contributed by atoms with Gasteiger partial charge in [0.1, 0.15) is 5.82 Å². The molecule has 1 N–H and O–H groups in total. The van der Waals surface area contributed by atoms with Crippen LogP contribution in [-0.4, -0.2) is 18.5 Å². The lowest BCUT2D eigenvalue weighted by Crippen LogP contribution is -2.21. The minimum Gasteiger partial charge on any atom is -0.452 e. The predicted octanol–water partition coefficient (Wildman–Crippen LogP) is 4.13. The van der Waals surface area contributed by atoms with Gasteiger partial charge in [-0.15, -0.1) is 0 Å². The van der Waals surface area contributed by atoms with Gasteiger partial charge in [0, 0.05) is 5.69 Å². The van der Waals surface area contributed by atoms with Crippen LogP contribution in [0.25, 0.3) is 0 Å². The van der Waals surface area contributed by atoms with Crippen LogP contribution in [0.3, 0.4) is 0 Å². The van der Waals surface area contributed by atoms with Gasteiger partial charge in [-0.1, -0.05) is 32.0 Å². The molecule has 24 heavy (non-hydrogen) atoms. The summed E-state index contributed by atoms with van der Waals surface area (Å²) in [5.41, 5.74) is 1.96. The molecule has 0 saturated heterocycles. The van der Waals surface area contributed by atoms with Crippen LogP contribution in [0.5, 0.6) is 0 Å². The fourth-order valence-electron chi connectivity index (χ4n) is 2.25. The monoisotopic (exact) mass is 329 g/mol. The molecule has 5 heteroatoms. The third-order valence-electron chi connectivity index (χ3n) is 3.79. The van der Waals surface area contributed by atoms with Crippen LogP contribution in [0.4, 0.5) is 10.1 Å². The molecule has 1 amide bonds. The zero-order valence-electron chi connectivity index (χ0n) is 13.7. The molecule has 0 aliphatic rings. The van der Waals surface area contributed by atoms with Gasteiger partial charge in [0.15, 0.2) is 6.61 Å². The molecule has 0 aromatic heterocycles. The third kappa shape index (κ3) is 4.65. The number of para-hydroxylation sites is 1. The highest BCUT2D eigenvalue weighted by Crippen LogP contribution is 2.26. The number of hydrogen-bond donors (Lipinski definition) is 1. The van der Waals surface area contributed by atoms with Crippen molar-refractivity contribution in [1.29, 1.82) is 0 Å². The number of anilines is 1. The summed E-state index contributed by atoms with van der Waals surface area (Å²) < 4.78 is 17.8. The first-order chi connectivity index (χ1) is 11.5. The van der Waals surface area contributed by atoms with Gasteiger partial charge in [-0.05, 0) is 48.2 Å². The molecule has 0 bridgehead atoms. The summed E-state index contributed by atoms with van der Waals surface area (Å²) in [6, 6.07) is 12.5. The van der Waals surface area contributed by atoms with Crippen molar-refractivity contribution >= 4 is 17.6 Å². The van der Waals surface area contributed by atoms with Gasteiger partial charge < -0.3 is 10.1 Å². The highest BCUT2D eigenvalue weighted by molar-refractivity contribution is 5.95. The highest BCUT2D eigenvalue weighted by atomic mass is 19.1. The number of benzene rings is 2. The lowest BCUT2D eigenvalue weighted by Gasteiger charge is -2.15. The number of nitrogens with one attached hydrogen (secondary N) is 1. The average molecular weight is 329 g/mol. The van der Waals surface area contributed by atoms with E-state index in [1.807, 2.05) is 24.3 Å². The van der Waals surface area contributed by atoms with E-state index in [-0.39, 0.29) is 5.56 Å². The second-order valence-corrected chi connectivity index (χ2v) is 5.53. The first-order valence-electron chi connectivity index (χ1n) is 7.82. The molecule has 0 saturated carbocycles. The van der Waals surface area contributed by atoms with E-state index >= 15 is 0 Å². The summed E-state index contributed by atoms with van der Waals surface area (Å²) >= 11 is 0. The Hall–Kier alpha value is -2.69. The van der Waals surface area contributed by atoms with Gasteiger partial charge in [0.05, 0.1) is 5.56 Å². The molecule has 0 aliphatic heterocycles. The number of carbonyl (C=O) groups excluding carboxylic acids is 2. The molecule has 0 spiro atoms. The molecule has 126 valence electrons. The minimum absolute atomic E-state index is 0.198. The topological polar surface area (TPSA) is 55.4 Å². The van der Waals surface area contributed by atoms with E-state index in [1.54, 1.807) is 0 Å². The largest absolute Gasteiger partial charge is 0.452 e. The fourth-order valence-corrected chi connectivity index (χ4v) is 2.25. The number of esters is 1. The summed E-state index contributed by atoms with van der Waals surface area (Å²) in [5.74, 6) is -1.21. The van der Waals surface area contributed by atoms with Crippen LogP contribution in [0.2, 0.25) is 0 Å². The third-order valence-corrected chi connectivity index (χ3v) is 3.79. The molecule has 2 rings (SSSR count). The van der Waals surface area contributed by atoms with Crippen LogP contribution >= 0.6 is 0 Å². The maximum absolute atomic E-state index is 12.8. The first-order valence-corrected chi connectivity index (χ1v) is 7.82. The Morgan fingerprint density at radius 3 is 2.46 bits per heavy atom. The molecule has 4 nitrogen and oxygen atoms in total. The Balaban J connectivity index is 1.94. The van der Waals surface area contributed by atoms with Gasteiger partial charge in [-0.3, -0.25) is 4.79 Å². The van der Waals surface area contributed by atoms with Gasteiger partial charge in [-0.2, -0.15) is 0 Å². The van der Waals surface area contributed by atoms with Crippen LogP contribution in [0, 0.1) is 5.82 Å². The van der Waals surface area contributed by atoms with E-state index < -0.39 is 24.3 Å². The van der Waals surface area contributed by atoms with E-state index in [2.05, 4.69) is 19.2 Å². The Labute approximate surface area is 140 Å². The number of carbonyl (C=O) groups is 2. The Bertz CT molecular complexity index is 713. The van der Waals surface area contributed by atoms with Crippen molar-refractivity contribution in [3.8, 4) is 0 Å². The van der Waals surface area contributed by atoms with Gasteiger partial charge in [0.25, 0.3) is 5.91 Å². The van der Waals surface area contributed by atoms with Crippen LogP contribution in [0.15, 0.2) is 48.5 Å². The fraction of sp³-hybridized carbons (Fsp3) is 0.263. The Kier molecular flexibility index (Phi) is 6.07. The maximum atomic E-state index is 12.8. The van der Waals surface area contributed by atoms with Crippen molar-refractivity contribution in [1.82, 2.24) is 0 Å². The second-order valence-electron chi connectivity index (χ2n) is 5.53. The first kappa shape index (κ1) is 17.7. The molecule has 0 aliphatic carbocycles. The number of halogens is 1. The standard InChI is InChI=1S/C19H20FNO3/c1-3-13(2)16-6-4-5-7-17(16)21-18(22)12-24-19(23)14-8-10-15(20)11-9-14/h4-11,13H,3,12H2,1-2H3,(H,21,22)/t13-/m1/s1. The van der Waals surface area contributed by atoms with E-state index in [1.165, 1.54) is 24.3 Å². The molecule has 0 radical (unpaired) electrons. The summed E-state index contributed by atoms with van der Waals surface area (Å²) in [5, 5.41) is 2.77. The summed E-state index contributed by atoms with van der Waals surface area (Å²) in [4.78, 5) is 23.8. The summed E-state index contributed by atoms with van der Waals surface area (Å²) in [6.45, 7) is 3.76. The van der Waals surface area contributed by atoms with E-state index in [4.69, 9.17) is 4.74 Å². The van der Waals surface area contributed by atoms with Crippen molar-refractivity contribution in [3.63, 3.8) is 0 Å². The number of rotatable bonds is 6. The molecular weight excluding hydrogens is 309 g/mol. The van der Waals surface area contributed by atoms with E-state index in [0.29, 0.717) is 5.92 Å². The lowest BCUT2D eigenvalue weighted by atomic mass is 9.97. The molecule has 2 aromatic carbocycles. The van der Waals surface area contributed by atoms with Gasteiger partial charge >= 0.3 is 5.97 Å². The molecule has 0 unspecified atom stereocenters. The molecule has 0 fully saturated rings. The second kappa shape index (κ2) is 8.24. The van der Waals surface area contributed by atoms with Crippen molar-refractivity contribution in [3.05, 3.63) is 65.5 Å². The number of amides is 1. The zero-order valence-corrected chi connectivity index (χ0v) is 13.7. The quantitative estimate of drug-likeness (QED) is 0.811. The van der Waals surface area contributed by atoms with Gasteiger partial charge in [0.2, 0.25) is 0 Å². The summed E-state index contributed by atoms with van der Waals surface area (Å²) in [6.07, 6.45) is 0.951. The van der Waals surface area contributed by atoms with Crippen molar-refractivity contribution in [2.45, 2.75) is 26.2 Å². The zero-order chi connectivity index (χ0) is 17.5. The lowest BCUT2D eigenvalue weighted by molar-refractivity contribution is -0.119. The average Bonchev–Trinajstić information content (AvgIpc) is 2.60. The van der Waals surface area contributed by atoms with Gasteiger partial charge in [-0.25, -0.2) is 9.18 Å². The van der Waals surface area contributed by atoms with Crippen LogP contribution in [0.1, 0.15) is 42.1 Å². The highest BCUT2D eigenvalue weighted by Gasteiger charge is 2.13. The number of hydrogen-bond acceptors (Lipinski definition) is 3. The molecule has 2 aromatic rings. The molecular formula is C19H20FNO3. The summed E-state index contributed by atoms with van der Waals surface area (Å²) in [7, 11) is 0. The van der Waals surface area contributed by atoms with Crippen LogP contribution in [-0.2, 0) is 9.53 Å². The molecule has 1 atom stereocenters. The SMILES string of the molecule is CC[C@@H](C)c1ccccc1NC(=O)COC(=O)c1ccc(F)cc1. The van der Waals surface area contributed by atoms with Crippen molar-refractivity contribution in [2.75, 3.05) is 11.9 Å². The van der Waals surface area contributed by atoms with Crippen molar-refractivity contribution < 1.29 is 18.7 Å². The number of ether oxygens (including phenoxy) is 1. The maximum Gasteiger partial charge on any atom is 0.338 e. The molecule has 0 heterocycles. The normalized spacial score (nSPS) is 11.6. The van der Waals surface area contributed by atoms with Crippen molar-refractivity contribution in [2.24, 2.45) is 0 Å². The Morgan fingerprint density at radius 2 is 1.79 bits per heavy atom. The smallest absolute Gasteiger partial charge is 0.338 e. The van der Waals surface area contributed by atoms with Crippen LogP contribution < -0.4 is 5.32 Å². The Morgan fingerprint density at radius 1 is 1.12 bits per heavy atom. The predicted molar refractivity (Wildman–Crippen MR) is 90.5 cm³/mol. The van der Waals surface area contributed by atoms with E-state index in [9.17, 15) is 14.0 Å². The minimum atomic E-state index is -0.666. The van der Waals surface area contributed by atoms with E-state index in [0.717, 1.165) is 17.7 Å².